The molecular weight excluding hydrogens is 224 g/mol. The van der Waals surface area contributed by atoms with Gasteiger partial charge in [0.25, 0.3) is 0 Å². The van der Waals surface area contributed by atoms with E-state index in [4.69, 9.17) is 5.26 Å². The molecular formula is C14H14N4. The monoisotopic (exact) mass is 238 g/mol. The molecule has 0 aliphatic rings. The molecule has 18 heavy (non-hydrogen) atoms. The Kier molecular flexibility index (Phi) is 3.44. The molecule has 0 aliphatic carbocycles. The summed E-state index contributed by atoms with van der Waals surface area (Å²) >= 11 is 0. The fourth-order valence-corrected chi connectivity index (χ4v) is 1.64. The molecule has 2 rings (SSSR count). The Balaban J connectivity index is 2.29. The molecule has 4 heteroatoms. The maximum Gasteiger partial charge on any atom is 0.135 e. The molecule has 0 unspecified atom stereocenters. The number of hydrogen-bond donors (Lipinski definition) is 1. The van der Waals surface area contributed by atoms with Gasteiger partial charge >= 0.3 is 0 Å². The lowest BCUT2D eigenvalue weighted by Crippen LogP contribution is -2.11. The molecule has 0 saturated carbocycles. The fourth-order valence-electron chi connectivity index (χ4n) is 1.64. The van der Waals surface area contributed by atoms with Crippen LogP contribution >= 0.6 is 0 Å². The highest BCUT2D eigenvalue weighted by molar-refractivity contribution is 5.61. The van der Waals surface area contributed by atoms with Gasteiger partial charge in [0.05, 0.1) is 11.6 Å². The number of anilines is 3. The molecule has 1 heterocycles. The second-order valence-electron chi connectivity index (χ2n) is 3.85. The van der Waals surface area contributed by atoms with Gasteiger partial charge in [-0.1, -0.05) is 6.07 Å². The predicted molar refractivity (Wildman–Crippen MR) is 73.0 cm³/mol. The minimum Gasteiger partial charge on any atom is -0.373 e. The van der Waals surface area contributed by atoms with Crippen LogP contribution in [0.3, 0.4) is 0 Å². The van der Waals surface area contributed by atoms with Gasteiger partial charge in [0.15, 0.2) is 0 Å². The molecule has 0 spiro atoms. The van der Waals surface area contributed by atoms with Crippen LogP contribution in [0.2, 0.25) is 0 Å². The Morgan fingerprint density at radius 2 is 1.89 bits per heavy atom. The lowest BCUT2D eigenvalue weighted by Gasteiger charge is -2.18. The topological polar surface area (TPSA) is 52.0 Å². The Bertz CT molecular complexity index is 569. The van der Waals surface area contributed by atoms with Crippen molar-refractivity contribution in [2.24, 2.45) is 0 Å². The lowest BCUT2D eigenvalue weighted by atomic mass is 10.2. The number of nitriles is 1. The summed E-state index contributed by atoms with van der Waals surface area (Å²) < 4.78 is 0. The zero-order chi connectivity index (χ0) is 13.0. The van der Waals surface area contributed by atoms with Gasteiger partial charge in [0, 0.05) is 19.8 Å². The first-order valence-electron chi connectivity index (χ1n) is 5.63. The lowest BCUT2D eigenvalue weighted by molar-refractivity contribution is 1.12. The number of pyridine rings is 1. The van der Waals surface area contributed by atoms with Crippen molar-refractivity contribution >= 4 is 17.3 Å². The summed E-state index contributed by atoms with van der Waals surface area (Å²) in [6.45, 7) is 0. The van der Waals surface area contributed by atoms with Crippen LogP contribution in [0.1, 0.15) is 5.56 Å². The van der Waals surface area contributed by atoms with E-state index < -0.39 is 0 Å². The second kappa shape index (κ2) is 5.19. The van der Waals surface area contributed by atoms with Gasteiger partial charge in [-0.2, -0.15) is 5.26 Å². The van der Waals surface area contributed by atoms with Gasteiger partial charge in [-0.15, -0.1) is 0 Å². The maximum absolute atomic E-state index is 8.77. The minimum atomic E-state index is 0.657. The zero-order valence-electron chi connectivity index (χ0n) is 10.4. The number of aromatic nitrogens is 1. The van der Waals surface area contributed by atoms with Crippen LogP contribution in [0.25, 0.3) is 0 Å². The molecule has 1 aromatic carbocycles. The quantitative estimate of drug-likeness (QED) is 0.893. The van der Waals surface area contributed by atoms with Gasteiger partial charge in [-0.05, 0) is 36.4 Å². The molecule has 4 nitrogen and oxygen atoms in total. The summed E-state index contributed by atoms with van der Waals surface area (Å²) in [6, 6.07) is 15.3. The molecule has 0 atom stereocenters. The Morgan fingerprint density at radius 1 is 1.17 bits per heavy atom. The molecule has 0 amide bonds. The van der Waals surface area contributed by atoms with Crippen molar-refractivity contribution in [2.75, 3.05) is 24.3 Å². The first kappa shape index (κ1) is 11.9. The van der Waals surface area contributed by atoms with Crippen LogP contribution in [-0.2, 0) is 0 Å². The fraction of sp³-hybridized carbons (Fsp3) is 0.143. The number of benzene rings is 1. The second-order valence-corrected chi connectivity index (χ2v) is 3.85. The molecule has 0 aliphatic heterocycles. The van der Waals surface area contributed by atoms with E-state index in [2.05, 4.69) is 16.4 Å². The smallest absolute Gasteiger partial charge is 0.135 e. The van der Waals surface area contributed by atoms with Crippen molar-refractivity contribution in [1.29, 1.82) is 5.26 Å². The van der Waals surface area contributed by atoms with Gasteiger partial charge in [0.2, 0.25) is 0 Å². The van der Waals surface area contributed by atoms with Crippen LogP contribution in [0, 0.1) is 11.3 Å². The molecule has 0 fully saturated rings. The van der Waals surface area contributed by atoms with E-state index in [1.807, 2.05) is 49.3 Å². The van der Waals surface area contributed by atoms with E-state index in [9.17, 15) is 0 Å². The van der Waals surface area contributed by atoms with Crippen molar-refractivity contribution in [2.45, 2.75) is 0 Å². The van der Waals surface area contributed by atoms with E-state index in [0.717, 1.165) is 17.3 Å². The summed E-state index contributed by atoms with van der Waals surface area (Å²) in [5.74, 6) is 1.68. The summed E-state index contributed by atoms with van der Waals surface area (Å²) in [6.07, 6.45) is 0. The largest absolute Gasteiger partial charge is 0.373 e. The van der Waals surface area contributed by atoms with Gasteiger partial charge in [-0.25, -0.2) is 4.98 Å². The summed E-state index contributed by atoms with van der Waals surface area (Å²) in [7, 11) is 3.79. The first-order chi connectivity index (χ1) is 8.74. The normalized spacial score (nSPS) is 9.61. The zero-order valence-corrected chi connectivity index (χ0v) is 10.4. The molecule has 0 radical (unpaired) electrons. The average molecular weight is 238 g/mol. The molecule has 0 saturated heterocycles. The maximum atomic E-state index is 8.77. The summed E-state index contributed by atoms with van der Waals surface area (Å²) in [5.41, 5.74) is 1.65. The summed E-state index contributed by atoms with van der Waals surface area (Å²) in [5, 5.41) is 11.8. The SMILES string of the molecule is CNc1cccc(N(C)c2ccc(C#N)cc2)n1. The molecule has 1 aromatic heterocycles. The van der Waals surface area contributed by atoms with E-state index >= 15 is 0 Å². The van der Waals surface area contributed by atoms with Crippen molar-refractivity contribution in [3.8, 4) is 6.07 Å². The van der Waals surface area contributed by atoms with Crippen LogP contribution < -0.4 is 10.2 Å². The van der Waals surface area contributed by atoms with Crippen LogP contribution in [0.4, 0.5) is 17.3 Å². The van der Waals surface area contributed by atoms with Crippen molar-refractivity contribution in [3.63, 3.8) is 0 Å². The third kappa shape index (κ3) is 2.41. The van der Waals surface area contributed by atoms with E-state index in [1.165, 1.54) is 0 Å². The predicted octanol–water partition coefficient (Wildman–Crippen LogP) is 2.76. The van der Waals surface area contributed by atoms with Gasteiger partial charge in [-0.3, -0.25) is 0 Å². The van der Waals surface area contributed by atoms with Crippen molar-refractivity contribution in [1.82, 2.24) is 4.98 Å². The molecule has 2 aromatic rings. The standard InChI is InChI=1S/C14H14N4/c1-16-13-4-3-5-14(17-13)18(2)12-8-6-11(10-15)7-9-12/h3-9H,1-2H3,(H,16,17). The van der Waals surface area contributed by atoms with Crippen LogP contribution in [-0.4, -0.2) is 19.1 Å². The Labute approximate surface area is 107 Å². The number of hydrogen-bond acceptors (Lipinski definition) is 4. The first-order valence-corrected chi connectivity index (χ1v) is 5.63. The highest BCUT2D eigenvalue weighted by Gasteiger charge is 2.05. The molecule has 1 N–H and O–H groups in total. The molecule has 0 bridgehead atoms. The summed E-state index contributed by atoms with van der Waals surface area (Å²) in [4.78, 5) is 6.43. The van der Waals surface area contributed by atoms with Crippen molar-refractivity contribution < 1.29 is 0 Å². The molecule has 90 valence electrons. The third-order valence-electron chi connectivity index (χ3n) is 2.72. The van der Waals surface area contributed by atoms with E-state index in [0.29, 0.717) is 5.56 Å². The van der Waals surface area contributed by atoms with Crippen LogP contribution in [0.15, 0.2) is 42.5 Å². The van der Waals surface area contributed by atoms with Crippen molar-refractivity contribution in [3.05, 3.63) is 48.0 Å². The number of nitrogens with zero attached hydrogens (tertiary/aromatic N) is 3. The highest BCUT2D eigenvalue weighted by Crippen LogP contribution is 2.22. The number of rotatable bonds is 3. The third-order valence-corrected chi connectivity index (χ3v) is 2.72. The van der Waals surface area contributed by atoms with Crippen LogP contribution in [0.5, 0.6) is 0 Å². The van der Waals surface area contributed by atoms with Gasteiger partial charge < -0.3 is 10.2 Å². The Morgan fingerprint density at radius 3 is 2.50 bits per heavy atom. The minimum absolute atomic E-state index is 0.657. The Hall–Kier alpha value is -2.54. The highest BCUT2D eigenvalue weighted by atomic mass is 15.2. The van der Waals surface area contributed by atoms with Gasteiger partial charge in [0.1, 0.15) is 11.6 Å². The average Bonchev–Trinajstić information content (AvgIpc) is 2.46. The van der Waals surface area contributed by atoms with E-state index in [1.54, 1.807) is 12.1 Å². The number of nitrogens with one attached hydrogen (secondary N) is 1. The van der Waals surface area contributed by atoms with E-state index in [-0.39, 0.29) is 0 Å².